The van der Waals surface area contributed by atoms with E-state index >= 15 is 0 Å². The lowest BCUT2D eigenvalue weighted by Crippen LogP contribution is -2.54. The second-order valence-corrected chi connectivity index (χ2v) is 11.2. The predicted molar refractivity (Wildman–Crippen MR) is 153 cm³/mol. The Morgan fingerprint density at radius 1 is 0.972 bits per heavy atom. The summed E-state index contributed by atoms with van der Waals surface area (Å²) < 4.78 is 0. The molecule has 36 heavy (non-hydrogen) atoms. The standard InChI is InChI=1S/C29H23Cl4N3/c1-2-18-14-36(13-17-6-4-3-5-7-17)15-22(20-12-34-27-10-25(32)23(30)8-19(20)27)29(18)16-35-28-11-26(33)24(31)9-21(28)29/h2-12,16,18,22,34H,1,13-15H2/t18-,22-,29-/m1/s1. The Balaban J connectivity index is 1.54. The van der Waals surface area contributed by atoms with Gasteiger partial charge in [-0.05, 0) is 41.0 Å². The van der Waals surface area contributed by atoms with Crippen LogP contribution >= 0.6 is 46.4 Å². The molecule has 7 heteroatoms. The molecule has 1 fully saturated rings. The summed E-state index contributed by atoms with van der Waals surface area (Å²) in [6, 6.07) is 18.3. The third-order valence-electron chi connectivity index (χ3n) is 7.67. The van der Waals surface area contributed by atoms with E-state index in [9.17, 15) is 0 Å². The molecule has 2 aliphatic heterocycles. The van der Waals surface area contributed by atoms with Crippen LogP contribution in [0.25, 0.3) is 10.9 Å². The minimum atomic E-state index is -0.431. The fourth-order valence-electron chi connectivity index (χ4n) is 6.00. The van der Waals surface area contributed by atoms with Crippen molar-refractivity contribution in [2.24, 2.45) is 10.9 Å². The normalized spacial score (nSPS) is 23.4. The van der Waals surface area contributed by atoms with E-state index in [4.69, 9.17) is 51.4 Å². The van der Waals surface area contributed by atoms with Crippen LogP contribution in [0.15, 0.2) is 78.4 Å². The van der Waals surface area contributed by atoms with Crippen LogP contribution in [0.1, 0.15) is 22.6 Å². The number of nitrogens with one attached hydrogen (secondary N) is 1. The topological polar surface area (TPSA) is 31.4 Å². The molecule has 1 saturated heterocycles. The highest BCUT2D eigenvalue weighted by Crippen LogP contribution is 2.56. The number of hydrogen-bond acceptors (Lipinski definition) is 2. The number of benzene rings is 3. The van der Waals surface area contributed by atoms with Gasteiger partial charge in [0.15, 0.2) is 0 Å². The van der Waals surface area contributed by atoms with Gasteiger partial charge >= 0.3 is 0 Å². The monoisotopic (exact) mass is 553 g/mol. The Morgan fingerprint density at radius 2 is 1.69 bits per heavy atom. The van der Waals surface area contributed by atoms with E-state index in [0.717, 1.165) is 41.8 Å². The van der Waals surface area contributed by atoms with Crippen LogP contribution in [0.4, 0.5) is 5.69 Å². The maximum atomic E-state index is 6.57. The Hall–Kier alpha value is -2.27. The van der Waals surface area contributed by atoms with Gasteiger partial charge in [0, 0.05) is 60.2 Å². The van der Waals surface area contributed by atoms with E-state index in [1.54, 1.807) is 0 Å². The van der Waals surface area contributed by atoms with Gasteiger partial charge in [0.25, 0.3) is 0 Å². The molecule has 182 valence electrons. The fourth-order valence-corrected chi connectivity index (χ4v) is 6.65. The van der Waals surface area contributed by atoms with Gasteiger partial charge in [-0.25, -0.2) is 0 Å². The molecule has 0 saturated carbocycles. The van der Waals surface area contributed by atoms with Crippen LogP contribution in [0.2, 0.25) is 20.1 Å². The SMILES string of the molecule is C=C[C@@H]1CN(Cc2ccccc2)C[C@H](c2c[nH]c3cc(Cl)c(Cl)cc23)[C@]12C=Nc1cc(Cl)c(Cl)cc12. The highest BCUT2D eigenvalue weighted by Gasteiger charge is 2.53. The summed E-state index contributed by atoms with van der Waals surface area (Å²) in [5.41, 5.74) is 4.91. The van der Waals surface area contributed by atoms with Gasteiger partial charge in [0.05, 0.1) is 25.8 Å². The Bertz CT molecular complexity index is 1510. The van der Waals surface area contributed by atoms with Crippen LogP contribution in [-0.2, 0) is 12.0 Å². The first-order chi connectivity index (χ1) is 17.4. The van der Waals surface area contributed by atoms with Crippen molar-refractivity contribution >= 4 is 69.2 Å². The van der Waals surface area contributed by atoms with E-state index in [1.807, 2.05) is 30.3 Å². The molecule has 0 bridgehead atoms. The Labute approximate surface area is 230 Å². The second kappa shape index (κ2) is 9.24. The van der Waals surface area contributed by atoms with Crippen molar-refractivity contribution in [3.8, 4) is 0 Å². The summed E-state index contributed by atoms with van der Waals surface area (Å²) in [4.78, 5) is 10.8. The Kier molecular flexibility index (Phi) is 6.18. The van der Waals surface area contributed by atoms with Gasteiger partial charge in [-0.15, -0.1) is 6.58 Å². The predicted octanol–water partition coefficient (Wildman–Crippen LogP) is 8.84. The van der Waals surface area contributed by atoms with Crippen LogP contribution in [0.5, 0.6) is 0 Å². The molecule has 1 aromatic heterocycles. The smallest absolute Gasteiger partial charge is 0.0683 e. The van der Waals surface area contributed by atoms with Gasteiger partial charge in [-0.3, -0.25) is 9.89 Å². The van der Waals surface area contributed by atoms with E-state index < -0.39 is 5.41 Å². The maximum absolute atomic E-state index is 6.57. The minimum Gasteiger partial charge on any atom is -0.361 e. The molecule has 0 radical (unpaired) electrons. The molecule has 0 aliphatic carbocycles. The van der Waals surface area contributed by atoms with Gasteiger partial charge in [-0.1, -0.05) is 82.8 Å². The van der Waals surface area contributed by atoms with Crippen molar-refractivity contribution in [1.82, 2.24) is 9.88 Å². The number of H-pyrrole nitrogens is 1. The minimum absolute atomic E-state index is 0.0474. The molecule has 2 aliphatic rings. The zero-order chi connectivity index (χ0) is 25.0. The zero-order valence-corrected chi connectivity index (χ0v) is 22.3. The third-order valence-corrected chi connectivity index (χ3v) is 9.12. The van der Waals surface area contributed by atoms with E-state index in [1.165, 1.54) is 11.1 Å². The first-order valence-corrected chi connectivity index (χ1v) is 13.3. The molecule has 3 heterocycles. The van der Waals surface area contributed by atoms with Crippen molar-refractivity contribution in [3.05, 3.63) is 110 Å². The second-order valence-electron chi connectivity index (χ2n) is 9.61. The number of likely N-dealkylation sites (tertiary alicyclic amines) is 1. The summed E-state index contributed by atoms with van der Waals surface area (Å²) in [5, 5.41) is 3.15. The van der Waals surface area contributed by atoms with E-state index in [0.29, 0.717) is 20.1 Å². The van der Waals surface area contributed by atoms with Gasteiger partial charge < -0.3 is 4.98 Å². The summed E-state index contributed by atoms with van der Waals surface area (Å²) in [6.45, 7) is 6.77. The average Bonchev–Trinajstić information content (AvgIpc) is 3.43. The number of halogens is 4. The molecular weight excluding hydrogens is 532 g/mol. The number of piperidine rings is 1. The average molecular weight is 555 g/mol. The largest absolute Gasteiger partial charge is 0.361 e. The number of hydrogen-bond donors (Lipinski definition) is 1. The van der Waals surface area contributed by atoms with Crippen LogP contribution < -0.4 is 0 Å². The molecule has 6 rings (SSSR count). The fraction of sp³-hybridized carbons (Fsp3) is 0.207. The van der Waals surface area contributed by atoms with Gasteiger partial charge in [-0.2, -0.15) is 0 Å². The first kappa shape index (κ1) is 24.1. The summed E-state index contributed by atoms with van der Waals surface area (Å²) in [6.07, 6.45) is 6.24. The lowest BCUT2D eigenvalue weighted by molar-refractivity contribution is 0.126. The van der Waals surface area contributed by atoms with Crippen molar-refractivity contribution in [3.63, 3.8) is 0 Å². The number of rotatable bonds is 4. The lowest BCUT2D eigenvalue weighted by Gasteiger charge is -2.49. The Morgan fingerprint density at radius 3 is 2.47 bits per heavy atom. The molecule has 1 N–H and O–H groups in total. The molecule has 3 nitrogen and oxygen atoms in total. The van der Waals surface area contributed by atoms with E-state index in [-0.39, 0.29) is 11.8 Å². The number of aromatic nitrogens is 1. The molecule has 3 atom stereocenters. The summed E-state index contributed by atoms with van der Waals surface area (Å²) in [7, 11) is 0. The maximum Gasteiger partial charge on any atom is 0.0683 e. The molecule has 4 aromatic rings. The van der Waals surface area contributed by atoms with Crippen LogP contribution in [0.3, 0.4) is 0 Å². The van der Waals surface area contributed by atoms with Crippen LogP contribution in [-0.4, -0.2) is 29.2 Å². The van der Waals surface area contributed by atoms with Crippen molar-refractivity contribution in [2.45, 2.75) is 17.9 Å². The van der Waals surface area contributed by atoms with Gasteiger partial charge in [0.2, 0.25) is 0 Å². The highest BCUT2D eigenvalue weighted by molar-refractivity contribution is 6.43. The summed E-state index contributed by atoms with van der Waals surface area (Å²) >= 11 is 25.8. The third kappa shape index (κ3) is 3.81. The van der Waals surface area contributed by atoms with E-state index in [2.05, 4.69) is 59.2 Å². The highest BCUT2D eigenvalue weighted by atomic mass is 35.5. The van der Waals surface area contributed by atoms with Crippen LogP contribution in [0, 0.1) is 5.92 Å². The van der Waals surface area contributed by atoms with Crippen molar-refractivity contribution < 1.29 is 0 Å². The molecule has 3 aromatic carbocycles. The first-order valence-electron chi connectivity index (χ1n) is 11.8. The van der Waals surface area contributed by atoms with Gasteiger partial charge in [0.1, 0.15) is 0 Å². The zero-order valence-electron chi connectivity index (χ0n) is 19.3. The van der Waals surface area contributed by atoms with Crippen molar-refractivity contribution in [2.75, 3.05) is 13.1 Å². The molecule has 0 unspecified atom stereocenters. The number of nitrogens with zero attached hydrogens (tertiary/aromatic N) is 2. The number of fused-ring (bicyclic) bond motifs is 3. The summed E-state index contributed by atoms with van der Waals surface area (Å²) in [5.74, 6) is 0.140. The number of aromatic amines is 1. The lowest BCUT2D eigenvalue weighted by atomic mass is 9.59. The molecule has 0 amide bonds. The quantitative estimate of drug-likeness (QED) is 0.251. The number of aliphatic imine (C=N–C) groups is 1. The molecular formula is C29H23Cl4N3. The van der Waals surface area contributed by atoms with Crippen molar-refractivity contribution in [1.29, 1.82) is 0 Å². The molecule has 1 spiro atoms.